The summed E-state index contributed by atoms with van der Waals surface area (Å²) in [6.07, 6.45) is 1.65. The second-order valence-electron chi connectivity index (χ2n) is 4.24. The van der Waals surface area contributed by atoms with Crippen LogP contribution < -0.4 is 16.4 Å². The number of halogens is 1. The van der Waals surface area contributed by atoms with E-state index in [1.807, 2.05) is 6.92 Å². The highest BCUT2D eigenvalue weighted by Crippen LogP contribution is 2.16. The first-order chi connectivity index (χ1) is 9.54. The van der Waals surface area contributed by atoms with E-state index in [0.717, 1.165) is 0 Å². The van der Waals surface area contributed by atoms with Gasteiger partial charge in [0, 0.05) is 19.5 Å². The molecule has 0 unspecified atom stereocenters. The average Bonchev–Trinajstić information content (AvgIpc) is 2.40. The number of primary amides is 1. The van der Waals surface area contributed by atoms with Crippen LogP contribution in [0.3, 0.4) is 0 Å². The number of aromatic nitrogens is 1. The van der Waals surface area contributed by atoms with Crippen LogP contribution in [0, 0.1) is 0 Å². The molecule has 0 aliphatic rings. The van der Waals surface area contributed by atoms with Gasteiger partial charge < -0.3 is 16.4 Å². The predicted molar refractivity (Wildman–Crippen MR) is 78.8 cm³/mol. The smallest absolute Gasteiger partial charge is 0.271 e. The second kappa shape index (κ2) is 8.37. The standard InChI is InChI=1S/C13H19ClN4O2/c1-2-16-11-7-6-9(14)12(18-11)13(20)17-8-4-3-5-10(15)19/h6-7H,2-5,8H2,1H3,(H2,15,19)(H,16,18)(H,17,20). The van der Waals surface area contributed by atoms with Gasteiger partial charge in [0.1, 0.15) is 11.5 Å². The Morgan fingerprint density at radius 2 is 2.10 bits per heavy atom. The Bertz CT molecular complexity index is 479. The summed E-state index contributed by atoms with van der Waals surface area (Å²) in [6, 6.07) is 3.35. The lowest BCUT2D eigenvalue weighted by Crippen LogP contribution is -2.26. The van der Waals surface area contributed by atoms with Crippen LogP contribution in [0.4, 0.5) is 5.82 Å². The number of amides is 2. The molecule has 0 atom stereocenters. The van der Waals surface area contributed by atoms with Gasteiger partial charge in [-0.2, -0.15) is 0 Å². The zero-order valence-electron chi connectivity index (χ0n) is 11.4. The quantitative estimate of drug-likeness (QED) is 0.634. The molecule has 1 rings (SSSR count). The van der Waals surface area contributed by atoms with Gasteiger partial charge in [-0.1, -0.05) is 11.6 Å². The first kappa shape index (κ1) is 16.2. The van der Waals surface area contributed by atoms with Gasteiger partial charge in [0.15, 0.2) is 0 Å². The van der Waals surface area contributed by atoms with Gasteiger partial charge in [-0.15, -0.1) is 0 Å². The first-order valence-corrected chi connectivity index (χ1v) is 6.89. The SMILES string of the molecule is CCNc1ccc(Cl)c(C(=O)NCCCCC(N)=O)n1. The molecule has 0 radical (unpaired) electrons. The topological polar surface area (TPSA) is 97.1 Å². The summed E-state index contributed by atoms with van der Waals surface area (Å²) in [5.41, 5.74) is 5.22. The maximum Gasteiger partial charge on any atom is 0.271 e. The van der Waals surface area contributed by atoms with Crippen molar-refractivity contribution >= 4 is 29.2 Å². The van der Waals surface area contributed by atoms with Gasteiger partial charge >= 0.3 is 0 Å². The van der Waals surface area contributed by atoms with Gasteiger partial charge in [0.25, 0.3) is 5.91 Å². The number of nitrogens with two attached hydrogens (primary N) is 1. The van der Waals surface area contributed by atoms with Crippen LogP contribution in [-0.4, -0.2) is 29.9 Å². The lowest BCUT2D eigenvalue weighted by atomic mass is 10.2. The third kappa shape index (κ3) is 5.44. The van der Waals surface area contributed by atoms with Crippen molar-refractivity contribution in [1.29, 1.82) is 0 Å². The molecule has 1 aromatic heterocycles. The number of rotatable bonds is 8. The molecule has 4 N–H and O–H groups in total. The van der Waals surface area contributed by atoms with Gasteiger partial charge in [-0.25, -0.2) is 4.98 Å². The highest BCUT2D eigenvalue weighted by molar-refractivity contribution is 6.33. The van der Waals surface area contributed by atoms with E-state index in [1.54, 1.807) is 12.1 Å². The molecule has 20 heavy (non-hydrogen) atoms. The Morgan fingerprint density at radius 3 is 2.75 bits per heavy atom. The van der Waals surface area contributed by atoms with Crippen LogP contribution in [0.1, 0.15) is 36.7 Å². The van der Waals surface area contributed by atoms with Crippen molar-refractivity contribution in [2.24, 2.45) is 5.73 Å². The summed E-state index contributed by atoms with van der Waals surface area (Å²) >= 11 is 5.96. The zero-order valence-corrected chi connectivity index (χ0v) is 12.2. The molecule has 0 saturated heterocycles. The molecular formula is C13H19ClN4O2. The number of carbonyl (C=O) groups is 2. The molecule has 110 valence electrons. The van der Waals surface area contributed by atoms with Crippen molar-refractivity contribution in [2.75, 3.05) is 18.4 Å². The van der Waals surface area contributed by atoms with Gasteiger partial charge in [0.05, 0.1) is 5.02 Å². The molecule has 1 heterocycles. The van der Waals surface area contributed by atoms with Crippen LogP contribution in [-0.2, 0) is 4.79 Å². The minimum atomic E-state index is -0.334. The highest BCUT2D eigenvalue weighted by atomic mass is 35.5. The molecule has 0 saturated carbocycles. The summed E-state index contributed by atoms with van der Waals surface area (Å²) in [7, 11) is 0. The number of nitrogens with zero attached hydrogens (tertiary/aromatic N) is 1. The maximum absolute atomic E-state index is 11.9. The van der Waals surface area contributed by atoms with Crippen molar-refractivity contribution in [3.05, 3.63) is 22.8 Å². The molecule has 0 aliphatic carbocycles. The van der Waals surface area contributed by atoms with Crippen molar-refractivity contribution in [1.82, 2.24) is 10.3 Å². The minimum Gasteiger partial charge on any atom is -0.370 e. The molecule has 1 aromatic rings. The number of anilines is 1. The van der Waals surface area contributed by atoms with Crippen LogP contribution in [0.25, 0.3) is 0 Å². The molecule has 2 amide bonds. The number of hydrogen-bond acceptors (Lipinski definition) is 4. The van der Waals surface area contributed by atoms with Crippen LogP contribution >= 0.6 is 11.6 Å². The first-order valence-electron chi connectivity index (χ1n) is 6.51. The summed E-state index contributed by atoms with van der Waals surface area (Å²) < 4.78 is 0. The number of unbranched alkanes of at least 4 members (excludes halogenated alkanes) is 1. The summed E-state index contributed by atoms with van der Waals surface area (Å²) in [4.78, 5) is 26.7. The van der Waals surface area contributed by atoms with Crippen molar-refractivity contribution in [3.63, 3.8) is 0 Å². The molecular weight excluding hydrogens is 280 g/mol. The van der Waals surface area contributed by atoms with Crippen molar-refractivity contribution in [3.8, 4) is 0 Å². The fraction of sp³-hybridized carbons (Fsp3) is 0.462. The largest absolute Gasteiger partial charge is 0.370 e. The van der Waals surface area contributed by atoms with Crippen LogP contribution in [0.2, 0.25) is 5.02 Å². The van der Waals surface area contributed by atoms with Crippen LogP contribution in [0.15, 0.2) is 12.1 Å². The Balaban J connectivity index is 2.50. The van der Waals surface area contributed by atoms with E-state index in [4.69, 9.17) is 17.3 Å². The fourth-order valence-electron chi connectivity index (χ4n) is 1.59. The van der Waals surface area contributed by atoms with E-state index >= 15 is 0 Å². The van der Waals surface area contributed by atoms with Crippen molar-refractivity contribution in [2.45, 2.75) is 26.2 Å². The summed E-state index contributed by atoms with van der Waals surface area (Å²) in [5, 5.41) is 6.04. The Labute approximate surface area is 123 Å². The average molecular weight is 299 g/mol. The summed E-state index contributed by atoms with van der Waals surface area (Å²) in [5.74, 6) is -0.0519. The highest BCUT2D eigenvalue weighted by Gasteiger charge is 2.12. The van der Waals surface area contributed by atoms with Gasteiger partial charge in [-0.05, 0) is 31.9 Å². The van der Waals surface area contributed by atoms with E-state index < -0.39 is 0 Å². The number of hydrogen-bond donors (Lipinski definition) is 3. The molecule has 6 nitrogen and oxygen atoms in total. The molecule has 7 heteroatoms. The second-order valence-corrected chi connectivity index (χ2v) is 4.64. The van der Waals surface area contributed by atoms with Gasteiger partial charge in [0.2, 0.25) is 5.91 Å². The molecule has 0 aliphatic heterocycles. The van der Waals surface area contributed by atoms with E-state index in [1.165, 1.54) is 0 Å². The molecule has 0 fully saturated rings. The lowest BCUT2D eigenvalue weighted by molar-refractivity contribution is -0.118. The van der Waals surface area contributed by atoms with Crippen molar-refractivity contribution < 1.29 is 9.59 Å². The lowest BCUT2D eigenvalue weighted by Gasteiger charge is -2.08. The third-order valence-corrected chi connectivity index (χ3v) is 2.86. The van der Waals surface area contributed by atoms with E-state index in [2.05, 4.69) is 15.6 Å². The summed E-state index contributed by atoms with van der Waals surface area (Å²) in [6.45, 7) is 3.10. The predicted octanol–water partition coefficient (Wildman–Crippen LogP) is 1.55. The maximum atomic E-state index is 11.9. The molecule has 0 spiro atoms. The van der Waals surface area contributed by atoms with E-state index in [-0.39, 0.29) is 17.5 Å². The third-order valence-electron chi connectivity index (χ3n) is 2.55. The van der Waals surface area contributed by atoms with Crippen LogP contribution in [0.5, 0.6) is 0 Å². The fourth-order valence-corrected chi connectivity index (χ4v) is 1.78. The number of carbonyl (C=O) groups excluding carboxylic acids is 2. The number of nitrogens with one attached hydrogen (secondary N) is 2. The number of pyridine rings is 1. The Hall–Kier alpha value is -1.82. The van der Waals surface area contributed by atoms with Gasteiger partial charge in [-0.3, -0.25) is 9.59 Å². The minimum absolute atomic E-state index is 0.194. The zero-order chi connectivity index (χ0) is 15.0. The Morgan fingerprint density at radius 1 is 1.35 bits per heavy atom. The monoisotopic (exact) mass is 298 g/mol. The normalized spacial score (nSPS) is 10.1. The molecule has 0 bridgehead atoms. The van der Waals surface area contributed by atoms with E-state index in [0.29, 0.717) is 43.2 Å². The molecule has 0 aromatic carbocycles. The van der Waals surface area contributed by atoms with E-state index in [9.17, 15) is 9.59 Å². The Kier molecular flexibility index (Phi) is 6.79.